The molecule has 0 saturated carbocycles. The zero-order valence-corrected chi connectivity index (χ0v) is 18.2. The quantitative estimate of drug-likeness (QED) is 0.455. The number of hydrogen-bond donors (Lipinski definition) is 1. The van der Waals surface area contributed by atoms with Gasteiger partial charge in [0.25, 0.3) is 5.91 Å². The lowest BCUT2D eigenvalue weighted by atomic mass is 10.0. The average molecular weight is 405 g/mol. The molecule has 0 aliphatic carbocycles. The summed E-state index contributed by atoms with van der Waals surface area (Å²) in [7, 11) is 2.10. The molecule has 1 N–H and O–H groups in total. The van der Waals surface area contributed by atoms with Crippen molar-refractivity contribution < 1.29 is 4.79 Å². The van der Waals surface area contributed by atoms with Crippen LogP contribution < -0.4 is 5.32 Å². The lowest BCUT2D eigenvalue weighted by molar-refractivity contribution is 0.0664. The van der Waals surface area contributed by atoms with E-state index in [1.807, 2.05) is 29.2 Å². The molecule has 3 aromatic rings. The highest BCUT2D eigenvalue weighted by Crippen LogP contribution is 2.31. The third kappa shape index (κ3) is 4.41. The number of nitrogens with one attached hydrogen (secondary N) is 1. The number of anilines is 1. The van der Waals surface area contributed by atoms with Crippen LogP contribution in [-0.4, -0.2) is 60.5 Å². The lowest BCUT2D eigenvalue weighted by Crippen LogP contribution is -2.47. The molecule has 1 aromatic heterocycles. The van der Waals surface area contributed by atoms with Gasteiger partial charge in [0, 0.05) is 49.1 Å². The molecule has 1 amide bonds. The number of benzene rings is 2. The summed E-state index contributed by atoms with van der Waals surface area (Å²) in [5.41, 5.74) is 3.70. The Labute approximate surface area is 179 Å². The minimum Gasteiger partial charge on any atom is -0.384 e. The molecule has 1 fully saturated rings. The summed E-state index contributed by atoms with van der Waals surface area (Å²) in [6, 6.07) is 14.2. The number of amides is 1. The molecule has 1 aliphatic heterocycles. The summed E-state index contributed by atoms with van der Waals surface area (Å²) < 4.78 is 0. The maximum absolute atomic E-state index is 13.0. The topological polar surface area (TPSA) is 48.5 Å². The Bertz CT molecular complexity index is 1020. The molecule has 30 heavy (non-hydrogen) atoms. The number of likely N-dealkylation sites (N-methyl/N-ethyl adjacent to an activating group) is 1. The molecule has 1 saturated heterocycles. The van der Waals surface area contributed by atoms with E-state index < -0.39 is 0 Å². The number of para-hydroxylation sites is 1. The molecule has 0 radical (unpaired) electrons. The van der Waals surface area contributed by atoms with E-state index in [0.29, 0.717) is 0 Å². The fraction of sp³-hybridized carbons (Fsp3) is 0.440. The second kappa shape index (κ2) is 9.43. The smallest absolute Gasteiger partial charge is 0.254 e. The zero-order valence-electron chi connectivity index (χ0n) is 18.2. The van der Waals surface area contributed by atoms with Crippen LogP contribution in [0.3, 0.4) is 0 Å². The second-order valence-electron chi connectivity index (χ2n) is 8.32. The molecule has 0 bridgehead atoms. The van der Waals surface area contributed by atoms with Crippen molar-refractivity contribution in [2.24, 2.45) is 0 Å². The summed E-state index contributed by atoms with van der Waals surface area (Å²) in [4.78, 5) is 22.1. The van der Waals surface area contributed by atoms with Crippen molar-refractivity contribution in [1.29, 1.82) is 0 Å². The number of aromatic nitrogens is 1. The number of carbonyl (C=O) groups excluding carboxylic acids is 1. The van der Waals surface area contributed by atoms with Crippen LogP contribution in [0.25, 0.3) is 21.8 Å². The van der Waals surface area contributed by atoms with E-state index in [2.05, 4.69) is 42.4 Å². The van der Waals surface area contributed by atoms with Crippen LogP contribution in [-0.2, 0) is 0 Å². The Kier molecular flexibility index (Phi) is 6.48. The van der Waals surface area contributed by atoms with E-state index in [-0.39, 0.29) is 5.91 Å². The second-order valence-corrected chi connectivity index (χ2v) is 8.32. The lowest BCUT2D eigenvalue weighted by Gasteiger charge is -2.32. The normalized spacial score (nSPS) is 15.1. The molecular weight excluding hydrogens is 372 g/mol. The van der Waals surface area contributed by atoms with Gasteiger partial charge in [0.15, 0.2) is 0 Å². The summed E-state index contributed by atoms with van der Waals surface area (Å²) in [5.74, 6) is 0.106. The predicted octanol–water partition coefficient (Wildman–Crippen LogP) is 4.77. The van der Waals surface area contributed by atoms with Crippen LogP contribution in [0.1, 0.15) is 43.0 Å². The Morgan fingerprint density at radius 1 is 0.967 bits per heavy atom. The van der Waals surface area contributed by atoms with E-state index in [1.165, 1.54) is 19.3 Å². The Morgan fingerprint density at radius 3 is 2.53 bits per heavy atom. The molecule has 2 aromatic carbocycles. The highest BCUT2D eigenvalue weighted by atomic mass is 16.2. The minimum atomic E-state index is 0.106. The average Bonchev–Trinajstić information content (AvgIpc) is 2.78. The molecular formula is C25H32N4O. The van der Waals surface area contributed by atoms with Gasteiger partial charge in [-0.25, -0.2) is 4.98 Å². The Morgan fingerprint density at radius 2 is 1.73 bits per heavy atom. The molecule has 5 heteroatoms. The summed E-state index contributed by atoms with van der Waals surface area (Å²) in [6.45, 7) is 6.60. The van der Waals surface area contributed by atoms with Crippen molar-refractivity contribution in [1.82, 2.24) is 14.8 Å². The molecule has 2 heterocycles. The Balaban J connectivity index is 1.64. The molecule has 0 unspecified atom stereocenters. The van der Waals surface area contributed by atoms with Crippen molar-refractivity contribution in [3.05, 3.63) is 48.0 Å². The van der Waals surface area contributed by atoms with E-state index >= 15 is 0 Å². The highest BCUT2D eigenvalue weighted by molar-refractivity contribution is 6.09. The number of piperazine rings is 1. The van der Waals surface area contributed by atoms with Crippen molar-refractivity contribution in [2.45, 2.75) is 32.6 Å². The predicted molar refractivity (Wildman–Crippen MR) is 125 cm³/mol. The van der Waals surface area contributed by atoms with E-state index in [1.54, 1.807) is 0 Å². The van der Waals surface area contributed by atoms with Crippen molar-refractivity contribution in [2.75, 3.05) is 45.1 Å². The van der Waals surface area contributed by atoms with Gasteiger partial charge in [0.05, 0.1) is 16.7 Å². The van der Waals surface area contributed by atoms with Crippen LogP contribution in [0.4, 0.5) is 5.69 Å². The first kappa shape index (κ1) is 20.6. The van der Waals surface area contributed by atoms with Crippen LogP contribution in [0, 0.1) is 0 Å². The number of nitrogens with zero attached hydrogens (tertiary/aromatic N) is 3. The Hall–Kier alpha value is -2.66. The van der Waals surface area contributed by atoms with Gasteiger partial charge in [-0.15, -0.1) is 0 Å². The van der Waals surface area contributed by atoms with Gasteiger partial charge >= 0.3 is 0 Å². The first-order chi connectivity index (χ1) is 14.7. The fourth-order valence-corrected chi connectivity index (χ4v) is 4.17. The number of pyridine rings is 1. The van der Waals surface area contributed by atoms with Crippen LogP contribution in [0.5, 0.6) is 0 Å². The summed E-state index contributed by atoms with van der Waals surface area (Å²) >= 11 is 0. The SMILES string of the molecule is CCCCCCNc1c2ccccc2nc2cc(C(=O)N3CCN(C)CC3)ccc12. The molecule has 158 valence electrons. The number of hydrogen-bond acceptors (Lipinski definition) is 4. The maximum Gasteiger partial charge on any atom is 0.254 e. The number of rotatable bonds is 7. The van der Waals surface area contributed by atoms with Crippen molar-refractivity contribution in [3.63, 3.8) is 0 Å². The zero-order chi connectivity index (χ0) is 20.9. The van der Waals surface area contributed by atoms with Gasteiger partial charge in [-0.2, -0.15) is 0 Å². The molecule has 5 nitrogen and oxygen atoms in total. The molecule has 1 aliphatic rings. The number of carbonyl (C=O) groups is 1. The first-order valence-electron chi connectivity index (χ1n) is 11.2. The van der Waals surface area contributed by atoms with Crippen LogP contribution in [0.15, 0.2) is 42.5 Å². The third-order valence-electron chi connectivity index (χ3n) is 6.05. The van der Waals surface area contributed by atoms with E-state index in [0.717, 1.165) is 72.2 Å². The largest absolute Gasteiger partial charge is 0.384 e. The van der Waals surface area contributed by atoms with Gasteiger partial charge in [0.1, 0.15) is 0 Å². The van der Waals surface area contributed by atoms with Gasteiger partial charge in [-0.1, -0.05) is 44.4 Å². The molecule has 0 spiro atoms. The fourth-order valence-electron chi connectivity index (χ4n) is 4.17. The molecule has 4 rings (SSSR count). The van der Waals surface area contributed by atoms with E-state index in [9.17, 15) is 4.79 Å². The maximum atomic E-state index is 13.0. The highest BCUT2D eigenvalue weighted by Gasteiger charge is 2.21. The van der Waals surface area contributed by atoms with Gasteiger partial charge in [-0.05, 0) is 37.7 Å². The van der Waals surface area contributed by atoms with Crippen LogP contribution in [0.2, 0.25) is 0 Å². The molecule has 0 atom stereocenters. The number of fused-ring (bicyclic) bond motifs is 2. The van der Waals surface area contributed by atoms with Crippen LogP contribution >= 0.6 is 0 Å². The first-order valence-corrected chi connectivity index (χ1v) is 11.2. The standard InChI is InChI=1S/C25H32N4O/c1-3-4-5-8-13-26-24-20-9-6-7-10-22(20)27-23-18-19(11-12-21(23)24)25(30)29-16-14-28(2)15-17-29/h6-7,9-12,18H,3-5,8,13-17H2,1-2H3,(H,26,27). The third-order valence-corrected chi connectivity index (χ3v) is 6.05. The summed E-state index contributed by atoms with van der Waals surface area (Å²) in [5, 5.41) is 5.89. The van der Waals surface area contributed by atoms with Gasteiger partial charge in [-0.3, -0.25) is 4.79 Å². The van der Waals surface area contributed by atoms with Crippen molar-refractivity contribution >= 4 is 33.4 Å². The van der Waals surface area contributed by atoms with E-state index in [4.69, 9.17) is 4.98 Å². The summed E-state index contributed by atoms with van der Waals surface area (Å²) in [6.07, 6.45) is 4.92. The van der Waals surface area contributed by atoms with Gasteiger partial charge < -0.3 is 15.1 Å². The monoisotopic (exact) mass is 404 g/mol. The number of unbranched alkanes of at least 4 members (excludes halogenated alkanes) is 3. The minimum absolute atomic E-state index is 0.106. The van der Waals surface area contributed by atoms with Crippen molar-refractivity contribution in [3.8, 4) is 0 Å². The van der Waals surface area contributed by atoms with Gasteiger partial charge in [0.2, 0.25) is 0 Å².